The Kier molecular flexibility index (Phi) is 3.86. The summed E-state index contributed by atoms with van der Waals surface area (Å²) >= 11 is 0. The van der Waals surface area contributed by atoms with E-state index in [1.54, 1.807) is 0 Å². The van der Waals surface area contributed by atoms with Crippen molar-refractivity contribution in [3.05, 3.63) is 0 Å². The summed E-state index contributed by atoms with van der Waals surface area (Å²) in [6, 6.07) is -0.937. The number of rotatable bonds is 2. The van der Waals surface area contributed by atoms with Gasteiger partial charge in [0.05, 0.1) is 12.1 Å². The van der Waals surface area contributed by atoms with E-state index in [0.717, 1.165) is 0 Å². The van der Waals surface area contributed by atoms with Crippen LogP contribution in [0.3, 0.4) is 0 Å². The highest BCUT2D eigenvalue weighted by atomic mass is 16.6. The second-order valence-corrected chi connectivity index (χ2v) is 4.25. The van der Waals surface area contributed by atoms with Crippen LogP contribution in [0.1, 0.15) is 20.3 Å². The number of aliphatic hydroxyl groups is 3. The molecule has 0 spiro atoms. The molecule has 5 nitrogen and oxygen atoms in total. The molecule has 1 unspecified atom stereocenters. The molecule has 5 heteroatoms. The summed E-state index contributed by atoms with van der Waals surface area (Å²) < 4.78 is 5.11. The maximum absolute atomic E-state index is 9.61. The first-order valence-electron chi connectivity index (χ1n) is 4.88. The Morgan fingerprint density at radius 2 is 1.79 bits per heavy atom. The summed E-state index contributed by atoms with van der Waals surface area (Å²) in [4.78, 5) is 0. The van der Waals surface area contributed by atoms with E-state index in [4.69, 9.17) is 10.5 Å². The van der Waals surface area contributed by atoms with Crippen LogP contribution >= 0.6 is 0 Å². The molecule has 1 rings (SSSR count). The van der Waals surface area contributed by atoms with Crippen molar-refractivity contribution in [2.75, 3.05) is 0 Å². The Labute approximate surface area is 83.5 Å². The highest BCUT2D eigenvalue weighted by molar-refractivity contribution is 4.91. The summed E-state index contributed by atoms with van der Waals surface area (Å²) in [6.07, 6.45) is -3.29. The summed E-state index contributed by atoms with van der Waals surface area (Å²) in [7, 11) is 0. The summed E-state index contributed by atoms with van der Waals surface area (Å²) in [5.74, 6) is 0.323. The smallest absolute Gasteiger partial charge is 0.172 e. The van der Waals surface area contributed by atoms with Crippen LogP contribution in [0, 0.1) is 5.92 Å². The fourth-order valence-corrected chi connectivity index (χ4v) is 1.63. The molecule has 0 aromatic rings. The van der Waals surface area contributed by atoms with E-state index >= 15 is 0 Å². The van der Waals surface area contributed by atoms with Crippen molar-refractivity contribution < 1.29 is 20.1 Å². The first-order chi connectivity index (χ1) is 6.43. The van der Waals surface area contributed by atoms with Crippen molar-refractivity contribution in [1.82, 2.24) is 0 Å². The second-order valence-electron chi connectivity index (χ2n) is 4.25. The molecule has 0 saturated carbocycles. The van der Waals surface area contributed by atoms with E-state index in [2.05, 4.69) is 0 Å². The zero-order chi connectivity index (χ0) is 10.9. The lowest BCUT2D eigenvalue weighted by Gasteiger charge is -2.39. The molecule has 1 saturated heterocycles. The molecule has 1 fully saturated rings. The fourth-order valence-electron chi connectivity index (χ4n) is 1.63. The third kappa shape index (κ3) is 2.43. The Balaban J connectivity index is 2.60. The molecule has 1 heterocycles. The van der Waals surface area contributed by atoms with Crippen molar-refractivity contribution in [3.8, 4) is 0 Å². The highest BCUT2D eigenvalue weighted by Gasteiger charge is 2.41. The van der Waals surface area contributed by atoms with Gasteiger partial charge in [0.2, 0.25) is 0 Å². The van der Waals surface area contributed by atoms with Gasteiger partial charge in [-0.15, -0.1) is 0 Å². The molecule has 0 bridgehead atoms. The van der Waals surface area contributed by atoms with E-state index in [0.29, 0.717) is 12.3 Å². The van der Waals surface area contributed by atoms with Crippen LogP contribution in [0.2, 0.25) is 0 Å². The molecule has 14 heavy (non-hydrogen) atoms. The van der Waals surface area contributed by atoms with Gasteiger partial charge in [0.25, 0.3) is 0 Å². The van der Waals surface area contributed by atoms with Gasteiger partial charge in [0.15, 0.2) is 6.29 Å². The molecular formula is C9H19NO4. The summed E-state index contributed by atoms with van der Waals surface area (Å²) in [5, 5.41) is 28.4. The fraction of sp³-hybridized carbons (Fsp3) is 1.00. The van der Waals surface area contributed by atoms with Crippen LogP contribution in [0.25, 0.3) is 0 Å². The van der Waals surface area contributed by atoms with Crippen LogP contribution in [-0.4, -0.2) is 46.0 Å². The third-order valence-electron chi connectivity index (χ3n) is 2.47. The summed E-state index contributed by atoms with van der Waals surface area (Å²) in [5.41, 5.74) is 5.42. The predicted octanol–water partition coefficient (Wildman–Crippen LogP) is -1.20. The van der Waals surface area contributed by atoms with Crippen molar-refractivity contribution in [1.29, 1.82) is 0 Å². The monoisotopic (exact) mass is 205 g/mol. The van der Waals surface area contributed by atoms with E-state index in [-0.39, 0.29) is 0 Å². The topological polar surface area (TPSA) is 95.9 Å². The van der Waals surface area contributed by atoms with E-state index in [1.807, 2.05) is 13.8 Å². The number of hydrogen-bond acceptors (Lipinski definition) is 5. The molecule has 0 radical (unpaired) electrons. The number of nitrogens with two attached hydrogens (primary N) is 1. The molecule has 0 aromatic heterocycles. The second kappa shape index (κ2) is 4.55. The molecule has 0 aliphatic carbocycles. The molecule has 84 valence electrons. The minimum Gasteiger partial charge on any atom is -0.388 e. The lowest BCUT2D eigenvalue weighted by atomic mass is 9.92. The first-order valence-corrected chi connectivity index (χ1v) is 4.88. The van der Waals surface area contributed by atoms with Crippen LogP contribution < -0.4 is 5.73 Å². The predicted molar refractivity (Wildman–Crippen MR) is 50.3 cm³/mol. The third-order valence-corrected chi connectivity index (χ3v) is 2.47. The van der Waals surface area contributed by atoms with Crippen molar-refractivity contribution >= 4 is 0 Å². The van der Waals surface area contributed by atoms with Crippen LogP contribution in [0.4, 0.5) is 0 Å². The van der Waals surface area contributed by atoms with Gasteiger partial charge in [-0.25, -0.2) is 0 Å². The van der Waals surface area contributed by atoms with Crippen molar-refractivity contribution in [2.45, 2.75) is 50.9 Å². The van der Waals surface area contributed by atoms with Gasteiger partial charge in [0, 0.05) is 0 Å². The Morgan fingerprint density at radius 1 is 1.21 bits per heavy atom. The van der Waals surface area contributed by atoms with Crippen molar-refractivity contribution in [3.63, 3.8) is 0 Å². The van der Waals surface area contributed by atoms with E-state index in [1.165, 1.54) is 0 Å². The van der Waals surface area contributed by atoms with E-state index in [9.17, 15) is 15.3 Å². The van der Waals surface area contributed by atoms with Crippen LogP contribution in [0.15, 0.2) is 0 Å². The largest absolute Gasteiger partial charge is 0.388 e. The minimum absolute atomic E-state index is 0.323. The summed E-state index contributed by atoms with van der Waals surface area (Å²) in [6.45, 7) is 3.95. The maximum atomic E-state index is 9.61. The van der Waals surface area contributed by atoms with Gasteiger partial charge in [0.1, 0.15) is 12.2 Å². The first kappa shape index (κ1) is 11.9. The Hall–Kier alpha value is -0.200. The normalized spacial score (nSPS) is 44.4. The quantitative estimate of drug-likeness (QED) is 0.454. The molecule has 5 N–H and O–H groups in total. The average Bonchev–Trinajstić information content (AvgIpc) is 2.10. The highest BCUT2D eigenvalue weighted by Crippen LogP contribution is 2.23. The van der Waals surface area contributed by atoms with Gasteiger partial charge >= 0.3 is 0 Å². The van der Waals surface area contributed by atoms with E-state index < -0.39 is 30.6 Å². The molecule has 5 atom stereocenters. The zero-order valence-corrected chi connectivity index (χ0v) is 8.50. The van der Waals surface area contributed by atoms with Crippen LogP contribution in [0.5, 0.6) is 0 Å². The van der Waals surface area contributed by atoms with Gasteiger partial charge in [-0.3, -0.25) is 0 Å². The maximum Gasteiger partial charge on any atom is 0.172 e. The number of aliphatic hydroxyl groups excluding tert-OH is 3. The van der Waals surface area contributed by atoms with Gasteiger partial charge in [-0.1, -0.05) is 13.8 Å². The Bertz CT molecular complexity index is 188. The number of hydrogen-bond donors (Lipinski definition) is 4. The Morgan fingerprint density at radius 3 is 2.29 bits per heavy atom. The van der Waals surface area contributed by atoms with Crippen molar-refractivity contribution in [2.24, 2.45) is 11.7 Å². The molecule has 0 amide bonds. The molecule has 1 aliphatic rings. The minimum atomic E-state index is -1.20. The molecular weight excluding hydrogens is 186 g/mol. The van der Waals surface area contributed by atoms with Gasteiger partial charge in [-0.2, -0.15) is 0 Å². The SMILES string of the molecule is CC(C)C[C@H]1OC(O)[C@H](N)[C@@H](O)[C@@H]1O. The van der Waals surface area contributed by atoms with Gasteiger partial charge in [-0.05, 0) is 12.3 Å². The lowest BCUT2D eigenvalue weighted by Crippen LogP contribution is -2.61. The zero-order valence-electron chi connectivity index (χ0n) is 8.50. The number of ether oxygens (including phenoxy) is 1. The molecule has 1 aliphatic heterocycles. The van der Waals surface area contributed by atoms with Crippen LogP contribution in [-0.2, 0) is 4.74 Å². The standard InChI is InChI=1S/C9H19NO4/c1-4(2)3-5-7(11)8(12)6(10)9(13)14-5/h4-9,11-13H,3,10H2,1-2H3/t5-,6-,7-,8-,9?/m1/s1. The average molecular weight is 205 g/mol. The lowest BCUT2D eigenvalue weighted by molar-refractivity contribution is -0.244. The molecule has 0 aromatic carbocycles. The van der Waals surface area contributed by atoms with Gasteiger partial charge < -0.3 is 25.8 Å².